The molecule has 0 aliphatic rings. The third-order valence-corrected chi connectivity index (χ3v) is 0.724. The predicted octanol–water partition coefficient (Wildman–Crippen LogP) is 0.805. The highest BCUT2D eigenvalue weighted by molar-refractivity contribution is 8.03. The fraction of sp³-hybridized carbons (Fsp3) is 0.667. The summed E-state index contributed by atoms with van der Waals surface area (Å²) >= 11 is 1.09. The zero-order valence-electron chi connectivity index (χ0n) is 3.47. The van der Waals surface area contributed by atoms with E-state index in [4.69, 9.17) is 5.26 Å². The molecule has 0 radical (unpaired) electrons. The minimum atomic E-state index is 0.469. The van der Waals surface area contributed by atoms with E-state index in [1.807, 2.05) is 5.40 Å². The average molecular weight is 103 g/mol. The summed E-state index contributed by atoms with van der Waals surface area (Å²) in [6, 6.07) is 0. The number of ether oxygens (including phenoxy) is 1. The number of methoxy groups -OCH3 is 1. The topological polar surface area (TPSA) is 33.0 Å². The minimum absolute atomic E-state index is 0.469. The van der Waals surface area contributed by atoms with E-state index in [0.29, 0.717) is 5.94 Å². The van der Waals surface area contributed by atoms with Gasteiger partial charge in [-0.2, -0.15) is 5.26 Å². The average Bonchev–Trinajstić information content (AvgIpc) is 1.61. The Morgan fingerprint density at radius 1 is 2.00 bits per heavy atom. The molecule has 0 aromatic heterocycles. The lowest BCUT2D eigenvalue weighted by molar-refractivity contribution is 0.259. The Hall–Kier alpha value is -0.200. The second-order valence-corrected chi connectivity index (χ2v) is 1.35. The normalized spacial score (nSPS) is 7.33. The van der Waals surface area contributed by atoms with Crippen LogP contribution in [0.1, 0.15) is 0 Å². The molecule has 0 bridgehead atoms. The van der Waals surface area contributed by atoms with E-state index in [1.54, 1.807) is 7.11 Å². The molecular weight excluding hydrogens is 98.1 g/mol. The molecular formula is C3H5NOS. The Balaban J connectivity index is 2.54. The largest absolute Gasteiger partial charge is 0.373 e. The Bertz CT molecular complexity index is 58.3. The highest BCUT2D eigenvalue weighted by atomic mass is 32.2. The van der Waals surface area contributed by atoms with Crippen molar-refractivity contribution in [1.82, 2.24) is 0 Å². The van der Waals surface area contributed by atoms with Crippen molar-refractivity contribution in [3.8, 4) is 5.40 Å². The molecule has 0 unspecified atom stereocenters. The number of rotatable bonds is 2. The summed E-state index contributed by atoms with van der Waals surface area (Å²) in [4.78, 5) is 0. The smallest absolute Gasteiger partial charge is 0.135 e. The van der Waals surface area contributed by atoms with Gasteiger partial charge in [0.15, 0.2) is 0 Å². The molecule has 0 spiro atoms. The van der Waals surface area contributed by atoms with E-state index in [9.17, 15) is 0 Å². The number of nitrogens with zero attached hydrogens (tertiary/aromatic N) is 1. The third-order valence-electron chi connectivity index (χ3n) is 0.241. The van der Waals surface area contributed by atoms with Gasteiger partial charge in [-0.1, -0.05) is 0 Å². The minimum Gasteiger partial charge on any atom is -0.373 e. The number of hydrogen-bond donors (Lipinski definition) is 0. The molecule has 0 amide bonds. The lowest BCUT2D eigenvalue weighted by atomic mass is 11.5. The van der Waals surface area contributed by atoms with Gasteiger partial charge in [0.1, 0.15) is 11.3 Å². The van der Waals surface area contributed by atoms with Crippen LogP contribution in [0.5, 0.6) is 0 Å². The molecule has 0 N–H and O–H groups in total. The molecule has 0 heterocycles. The molecule has 0 atom stereocenters. The highest BCUT2D eigenvalue weighted by Gasteiger charge is 1.73. The zero-order valence-corrected chi connectivity index (χ0v) is 4.29. The van der Waals surface area contributed by atoms with Crippen molar-refractivity contribution in [2.45, 2.75) is 0 Å². The maximum atomic E-state index is 7.83. The molecule has 0 aromatic carbocycles. The quantitative estimate of drug-likeness (QED) is 0.294. The van der Waals surface area contributed by atoms with Crippen molar-refractivity contribution in [3.63, 3.8) is 0 Å². The van der Waals surface area contributed by atoms with Gasteiger partial charge < -0.3 is 4.74 Å². The molecule has 0 saturated heterocycles. The van der Waals surface area contributed by atoms with Gasteiger partial charge in [0.25, 0.3) is 0 Å². The molecule has 0 rings (SSSR count). The molecule has 6 heavy (non-hydrogen) atoms. The Kier molecular flexibility index (Phi) is 4.64. The Morgan fingerprint density at radius 3 is 2.83 bits per heavy atom. The molecule has 34 valence electrons. The fourth-order valence-corrected chi connectivity index (χ4v) is 0.256. The van der Waals surface area contributed by atoms with Crippen LogP contribution in [0.4, 0.5) is 0 Å². The second kappa shape index (κ2) is 4.80. The van der Waals surface area contributed by atoms with Gasteiger partial charge in [0, 0.05) is 7.11 Å². The van der Waals surface area contributed by atoms with Gasteiger partial charge in [-0.05, 0) is 11.8 Å². The van der Waals surface area contributed by atoms with E-state index in [1.165, 1.54) is 0 Å². The predicted molar refractivity (Wildman–Crippen MR) is 25.1 cm³/mol. The lowest BCUT2D eigenvalue weighted by Gasteiger charge is -1.82. The van der Waals surface area contributed by atoms with Crippen LogP contribution in [0.2, 0.25) is 0 Å². The first-order valence-corrected chi connectivity index (χ1v) is 2.40. The van der Waals surface area contributed by atoms with Crippen LogP contribution in [0.15, 0.2) is 0 Å². The summed E-state index contributed by atoms with van der Waals surface area (Å²) in [6.07, 6.45) is 0. The second-order valence-electron chi connectivity index (χ2n) is 0.642. The van der Waals surface area contributed by atoms with Crippen molar-refractivity contribution in [2.24, 2.45) is 0 Å². The Morgan fingerprint density at radius 2 is 2.67 bits per heavy atom. The van der Waals surface area contributed by atoms with Crippen molar-refractivity contribution in [1.29, 1.82) is 5.26 Å². The molecule has 0 saturated carbocycles. The molecule has 0 fully saturated rings. The van der Waals surface area contributed by atoms with E-state index in [2.05, 4.69) is 4.74 Å². The van der Waals surface area contributed by atoms with Crippen LogP contribution in [0.25, 0.3) is 0 Å². The van der Waals surface area contributed by atoms with Gasteiger partial charge in [-0.15, -0.1) is 0 Å². The summed E-state index contributed by atoms with van der Waals surface area (Å²) in [6.45, 7) is 0. The van der Waals surface area contributed by atoms with E-state index in [0.717, 1.165) is 11.8 Å². The summed E-state index contributed by atoms with van der Waals surface area (Å²) in [5.41, 5.74) is 0. The number of thiocyanates is 1. The van der Waals surface area contributed by atoms with Crippen LogP contribution in [-0.2, 0) is 4.74 Å². The SMILES string of the molecule is COCSC#N. The van der Waals surface area contributed by atoms with Gasteiger partial charge in [-0.25, -0.2) is 0 Å². The molecule has 0 aliphatic carbocycles. The number of nitriles is 1. The van der Waals surface area contributed by atoms with Crippen LogP contribution in [-0.4, -0.2) is 13.0 Å². The van der Waals surface area contributed by atoms with Crippen molar-refractivity contribution in [3.05, 3.63) is 0 Å². The van der Waals surface area contributed by atoms with Gasteiger partial charge in [0.05, 0.1) is 0 Å². The monoisotopic (exact) mass is 103 g/mol. The maximum absolute atomic E-state index is 7.83. The summed E-state index contributed by atoms with van der Waals surface area (Å²) in [5, 5.41) is 9.69. The van der Waals surface area contributed by atoms with Crippen molar-refractivity contribution >= 4 is 11.8 Å². The third kappa shape index (κ3) is 3.80. The first-order valence-electron chi connectivity index (χ1n) is 1.41. The van der Waals surface area contributed by atoms with Crippen LogP contribution < -0.4 is 0 Å². The summed E-state index contributed by atoms with van der Waals surface area (Å²) in [5.74, 6) is 0.469. The van der Waals surface area contributed by atoms with Gasteiger partial charge in [-0.3, -0.25) is 0 Å². The van der Waals surface area contributed by atoms with E-state index in [-0.39, 0.29) is 0 Å². The van der Waals surface area contributed by atoms with Crippen LogP contribution in [0, 0.1) is 10.7 Å². The Labute approximate surface area is 41.1 Å². The van der Waals surface area contributed by atoms with Gasteiger partial charge in [0.2, 0.25) is 0 Å². The fourth-order valence-electron chi connectivity index (χ4n) is 0.0853. The molecule has 2 nitrogen and oxygen atoms in total. The summed E-state index contributed by atoms with van der Waals surface area (Å²) < 4.78 is 4.52. The van der Waals surface area contributed by atoms with Crippen LogP contribution >= 0.6 is 11.8 Å². The first-order chi connectivity index (χ1) is 2.91. The van der Waals surface area contributed by atoms with Crippen LogP contribution in [0.3, 0.4) is 0 Å². The standard InChI is InChI=1S/C3H5NOS/c1-5-3-6-2-4/h3H2,1H3. The zero-order chi connectivity index (χ0) is 4.83. The highest BCUT2D eigenvalue weighted by Crippen LogP contribution is 1.91. The summed E-state index contributed by atoms with van der Waals surface area (Å²) in [7, 11) is 1.56. The van der Waals surface area contributed by atoms with E-state index >= 15 is 0 Å². The molecule has 0 aromatic rings. The first kappa shape index (κ1) is 5.80. The lowest BCUT2D eigenvalue weighted by Crippen LogP contribution is -1.75. The molecule has 0 aliphatic heterocycles. The number of hydrogen-bond acceptors (Lipinski definition) is 3. The number of thioether (sulfide) groups is 1. The molecule has 3 heteroatoms. The van der Waals surface area contributed by atoms with E-state index < -0.39 is 0 Å². The maximum Gasteiger partial charge on any atom is 0.135 e. The van der Waals surface area contributed by atoms with Crippen molar-refractivity contribution < 1.29 is 4.74 Å². The van der Waals surface area contributed by atoms with Gasteiger partial charge >= 0.3 is 0 Å². The van der Waals surface area contributed by atoms with Crippen molar-refractivity contribution in [2.75, 3.05) is 13.0 Å².